The second kappa shape index (κ2) is 5.83. The molecule has 2 aromatic carbocycles. The van der Waals surface area contributed by atoms with Gasteiger partial charge in [0.25, 0.3) is 0 Å². The molecule has 0 aromatic heterocycles. The van der Waals surface area contributed by atoms with Gasteiger partial charge in [0.2, 0.25) is 6.23 Å². The summed E-state index contributed by atoms with van der Waals surface area (Å²) >= 11 is 0. The molecule has 0 radical (unpaired) electrons. The Kier molecular flexibility index (Phi) is 4.14. The van der Waals surface area contributed by atoms with Crippen LogP contribution in [0.1, 0.15) is 0 Å². The number of aliphatic hydroxyl groups excluding tert-OH is 1. The quantitative estimate of drug-likeness (QED) is 0.666. The lowest BCUT2D eigenvalue weighted by Gasteiger charge is -2.32. The number of para-hydroxylation sites is 2. The molecule has 6 heteroatoms. The van der Waals surface area contributed by atoms with Crippen molar-refractivity contribution in [3.05, 3.63) is 60.7 Å². The van der Waals surface area contributed by atoms with Gasteiger partial charge in [-0.05, 0) is 24.3 Å². The van der Waals surface area contributed by atoms with Gasteiger partial charge in [-0.3, -0.25) is 10.4 Å². The number of anilines is 2. The fourth-order valence-electron chi connectivity index (χ4n) is 1.65. The van der Waals surface area contributed by atoms with Gasteiger partial charge in [0.15, 0.2) is 0 Å². The van der Waals surface area contributed by atoms with E-state index in [1.54, 1.807) is 48.5 Å². The number of benzene rings is 2. The van der Waals surface area contributed by atoms with Crippen molar-refractivity contribution in [1.82, 2.24) is 0 Å². The maximum absolute atomic E-state index is 12.8. The van der Waals surface area contributed by atoms with Crippen LogP contribution in [-0.4, -0.2) is 17.5 Å². The van der Waals surface area contributed by atoms with Crippen LogP contribution in [0.5, 0.6) is 0 Å². The Labute approximate surface area is 114 Å². The first-order valence-corrected chi connectivity index (χ1v) is 5.89. The average Bonchev–Trinajstić information content (AvgIpc) is 2.45. The highest BCUT2D eigenvalue weighted by atomic mass is 19.4. The first-order valence-electron chi connectivity index (χ1n) is 5.89. The second-order valence-corrected chi connectivity index (χ2v) is 4.10. The van der Waals surface area contributed by atoms with E-state index in [1.165, 1.54) is 12.1 Å². The fourth-order valence-corrected chi connectivity index (χ4v) is 1.65. The summed E-state index contributed by atoms with van der Waals surface area (Å²) in [5.74, 6) is 0. The van der Waals surface area contributed by atoms with E-state index in [0.29, 0.717) is 10.7 Å². The van der Waals surface area contributed by atoms with Crippen LogP contribution in [0.4, 0.5) is 24.5 Å². The molecule has 0 amide bonds. The lowest BCUT2D eigenvalue weighted by molar-refractivity contribution is -0.202. The molecule has 0 heterocycles. The normalized spacial score (nSPS) is 12.8. The fraction of sp³-hybridized carbons (Fsp3) is 0.143. The summed E-state index contributed by atoms with van der Waals surface area (Å²) in [5.41, 5.74) is 3.22. The van der Waals surface area contributed by atoms with Gasteiger partial charge in [0.05, 0.1) is 11.4 Å². The molecule has 1 atom stereocenters. The molecule has 0 saturated carbocycles. The second-order valence-electron chi connectivity index (χ2n) is 4.10. The van der Waals surface area contributed by atoms with Gasteiger partial charge in [-0.25, -0.2) is 0 Å². The highest BCUT2D eigenvalue weighted by Gasteiger charge is 2.43. The van der Waals surface area contributed by atoms with Crippen LogP contribution in [0.15, 0.2) is 60.7 Å². The van der Waals surface area contributed by atoms with Crippen LogP contribution in [0.2, 0.25) is 0 Å². The van der Waals surface area contributed by atoms with Crippen molar-refractivity contribution >= 4 is 11.4 Å². The van der Waals surface area contributed by atoms with E-state index in [9.17, 15) is 18.3 Å². The van der Waals surface area contributed by atoms with E-state index >= 15 is 0 Å². The van der Waals surface area contributed by atoms with Gasteiger partial charge < -0.3 is 5.11 Å². The molecule has 0 saturated heterocycles. The van der Waals surface area contributed by atoms with Crippen molar-refractivity contribution in [2.24, 2.45) is 0 Å². The zero-order valence-electron chi connectivity index (χ0n) is 10.4. The number of rotatable bonds is 4. The molecular formula is C14H13F3N2O. The summed E-state index contributed by atoms with van der Waals surface area (Å²) < 4.78 is 38.3. The summed E-state index contributed by atoms with van der Waals surface area (Å²) in [5, 5.41) is 10.2. The Hall–Kier alpha value is -2.21. The number of halogens is 3. The third-order valence-corrected chi connectivity index (χ3v) is 2.60. The van der Waals surface area contributed by atoms with Gasteiger partial charge >= 0.3 is 6.18 Å². The molecular weight excluding hydrogens is 269 g/mol. The van der Waals surface area contributed by atoms with Gasteiger partial charge in [0.1, 0.15) is 0 Å². The molecule has 2 aromatic rings. The van der Waals surface area contributed by atoms with Crippen molar-refractivity contribution in [2.75, 3.05) is 10.4 Å². The minimum Gasteiger partial charge on any atom is -0.365 e. The van der Waals surface area contributed by atoms with Crippen molar-refractivity contribution in [2.45, 2.75) is 12.4 Å². The van der Waals surface area contributed by atoms with Crippen LogP contribution >= 0.6 is 0 Å². The predicted octanol–water partition coefficient (Wildman–Crippen LogP) is 3.40. The average molecular weight is 282 g/mol. The van der Waals surface area contributed by atoms with E-state index in [-0.39, 0.29) is 5.69 Å². The third kappa shape index (κ3) is 3.42. The standard InChI is InChI=1S/C14H13F3N2O/c15-14(16,17)13(20)19(12-9-5-2-6-10-12)18-11-7-3-1-4-8-11/h1-10,13,18,20H. The van der Waals surface area contributed by atoms with E-state index in [0.717, 1.165) is 0 Å². The van der Waals surface area contributed by atoms with Crippen molar-refractivity contribution < 1.29 is 18.3 Å². The number of alkyl halides is 3. The topological polar surface area (TPSA) is 35.5 Å². The maximum Gasteiger partial charge on any atom is 0.435 e. The first kappa shape index (κ1) is 14.2. The minimum atomic E-state index is -4.77. The van der Waals surface area contributed by atoms with E-state index in [2.05, 4.69) is 5.43 Å². The van der Waals surface area contributed by atoms with Crippen LogP contribution in [-0.2, 0) is 0 Å². The zero-order chi connectivity index (χ0) is 14.6. The molecule has 0 aliphatic rings. The molecule has 0 aliphatic heterocycles. The van der Waals surface area contributed by atoms with Crippen LogP contribution in [0, 0.1) is 0 Å². The molecule has 3 nitrogen and oxygen atoms in total. The summed E-state index contributed by atoms with van der Waals surface area (Å²) in [6.45, 7) is 0. The SMILES string of the molecule is OC(N(Nc1ccccc1)c1ccccc1)C(F)(F)F. The number of hydrogen-bond donors (Lipinski definition) is 2. The van der Waals surface area contributed by atoms with Gasteiger partial charge in [-0.2, -0.15) is 13.2 Å². The maximum atomic E-state index is 12.8. The molecule has 0 bridgehead atoms. The first-order chi connectivity index (χ1) is 9.48. The lowest BCUT2D eigenvalue weighted by Crippen LogP contribution is -2.49. The summed E-state index contributed by atoms with van der Waals surface area (Å²) in [4.78, 5) is 0. The molecule has 2 N–H and O–H groups in total. The van der Waals surface area contributed by atoms with Crippen molar-refractivity contribution in [3.8, 4) is 0 Å². The Morgan fingerprint density at radius 3 is 1.90 bits per heavy atom. The van der Waals surface area contributed by atoms with Crippen LogP contribution in [0.3, 0.4) is 0 Å². The Morgan fingerprint density at radius 1 is 0.900 bits per heavy atom. The number of hydrogen-bond acceptors (Lipinski definition) is 3. The monoisotopic (exact) mass is 282 g/mol. The van der Waals surface area contributed by atoms with Gasteiger partial charge in [-0.15, -0.1) is 0 Å². The highest BCUT2D eigenvalue weighted by molar-refractivity contribution is 5.55. The molecule has 0 aliphatic carbocycles. The number of aliphatic hydroxyl groups is 1. The van der Waals surface area contributed by atoms with E-state index in [1.807, 2.05) is 0 Å². The summed E-state index contributed by atoms with van der Waals surface area (Å²) in [6, 6.07) is 16.2. The number of hydrazine groups is 1. The Balaban J connectivity index is 2.30. The lowest BCUT2D eigenvalue weighted by atomic mass is 10.3. The van der Waals surface area contributed by atoms with Crippen LogP contribution < -0.4 is 10.4 Å². The van der Waals surface area contributed by atoms with E-state index < -0.39 is 12.4 Å². The molecule has 1 unspecified atom stereocenters. The van der Waals surface area contributed by atoms with E-state index in [4.69, 9.17) is 0 Å². The minimum absolute atomic E-state index is 0.209. The molecule has 0 fully saturated rings. The molecule has 106 valence electrons. The number of nitrogens with one attached hydrogen (secondary N) is 1. The Bertz CT molecular complexity index is 531. The molecule has 20 heavy (non-hydrogen) atoms. The third-order valence-electron chi connectivity index (χ3n) is 2.60. The van der Waals surface area contributed by atoms with Crippen LogP contribution in [0.25, 0.3) is 0 Å². The number of nitrogens with zero attached hydrogens (tertiary/aromatic N) is 1. The van der Waals surface area contributed by atoms with Gasteiger partial charge in [0, 0.05) is 0 Å². The summed E-state index contributed by atoms with van der Waals surface area (Å²) in [6.07, 6.45) is -7.41. The zero-order valence-corrected chi connectivity index (χ0v) is 10.4. The van der Waals surface area contributed by atoms with Gasteiger partial charge in [-0.1, -0.05) is 36.4 Å². The molecule has 0 spiro atoms. The largest absolute Gasteiger partial charge is 0.435 e. The van der Waals surface area contributed by atoms with Crippen molar-refractivity contribution in [1.29, 1.82) is 0 Å². The van der Waals surface area contributed by atoms with Crippen molar-refractivity contribution in [3.63, 3.8) is 0 Å². The summed E-state index contributed by atoms with van der Waals surface area (Å²) in [7, 11) is 0. The predicted molar refractivity (Wildman–Crippen MR) is 71.0 cm³/mol. The highest BCUT2D eigenvalue weighted by Crippen LogP contribution is 2.27. The Morgan fingerprint density at radius 2 is 1.40 bits per heavy atom. The smallest absolute Gasteiger partial charge is 0.365 e. The molecule has 2 rings (SSSR count).